The number of hydrogen-bond acceptors (Lipinski definition) is 3. The first-order valence-corrected chi connectivity index (χ1v) is 7.88. The Morgan fingerprint density at radius 1 is 1.48 bits per heavy atom. The first kappa shape index (κ1) is 18.1. The van der Waals surface area contributed by atoms with Crippen LogP contribution < -0.4 is 10.5 Å². The molecule has 1 aromatic carbocycles. The number of benzene rings is 1. The molecular formula is C11H12ClF3N2O2S2. The summed E-state index contributed by atoms with van der Waals surface area (Å²) in [5.41, 5.74) is 5.67. The molecule has 0 aliphatic heterocycles. The minimum atomic E-state index is -4.46. The zero-order valence-electron chi connectivity index (χ0n) is 10.7. The third-order valence-corrected chi connectivity index (χ3v) is 4.53. The largest absolute Gasteiger partial charge is 0.390 e. The lowest BCUT2D eigenvalue weighted by atomic mass is 10.2. The maximum absolute atomic E-state index is 12.2. The molecular weight excluding hydrogens is 349 g/mol. The van der Waals surface area contributed by atoms with Gasteiger partial charge in [0.15, 0.2) is 0 Å². The third kappa shape index (κ3) is 5.42. The number of halogens is 4. The Morgan fingerprint density at radius 3 is 2.48 bits per heavy atom. The molecule has 1 rings (SSSR count). The molecule has 0 aliphatic carbocycles. The predicted molar refractivity (Wildman–Crippen MR) is 77.8 cm³/mol. The quantitative estimate of drug-likeness (QED) is 0.792. The lowest BCUT2D eigenvalue weighted by Gasteiger charge is -2.16. The summed E-state index contributed by atoms with van der Waals surface area (Å²) in [6.45, 7) is 1.12. The number of sulfonamides is 1. The molecule has 0 amide bonds. The van der Waals surface area contributed by atoms with Gasteiger partial charge in [0.2, 0.25) is 10.0 Å². The van der Waals surface area contributed by atoms with Crippen LogP contribution in [0.3, 0.4) is 0 Å². The van der Waals surface area contributed by atoms with Crippen molar-refractivity contribution in [3.63, 3.8) is 0 Å². The van der Waals surface area contributed by atoms with Gasteiger partial charge < -0.3 is 5.73 Å². The molecule has 0 aliphatic rings. The normalized spacial score (nSPS) is 14.0. The number of hydrogen-bond donors (Lipinski definition) is 2. The van der Waals surface area contributed by atoms with Crippen LogP contribution in [-0.2, 0) is 10.0 Å². The van der Waals surface area contributed by atoms with Gasteiger partial charge in [-0.05, 0) is 25.1 Å². The zero-order valence-corrected chi connectivity index (χ0v) is 13.1. The van der Waals surface area contributed by atoms with Crippen molar-refractivity contribution in [2.24, 2.45) is 5.73 Å². The molecule has 0 aromatic heterocycles. The van der Waals surface area contributed by atoms with Crippen molar-refractivity contribution in [1.82, 2.24) is 4.72 Å². The van der Waals surface area contributed by atoms with Crippen LogP contribution in [0.1, 0.15) is 18.9 Å². The summed E-state index contributed by atoms with van der Waals surface area (Å²) in [5, 5.41) is 0.00819. The van der Waals surface area contributed by atoms with Crippen LogP contribution in [0.5, 0.6) is 0 Å². The summed E-state index contributed by atoms with van der Waals surface area (Å²) in [5.74, 6) is 0. The Balaban J connectivity index is 2.98. The van der Waals surface area contributed by atoms with E-state index in [1.165, 1.54) is 12.1 Å². The molecule has 10 heteroatoms. The zero-order chi connectivity index (χ0) is 16.4. The van der Waals surface area contributed by atoms with Crippen molar-refractivity contribution in [1.29, 1.82) is 0 Å². The molecule has 21 heavy (non-hydrogen) atoms. The monoisotopic (exact) mass is 360 g/mol. The Kier molecular flexibility index (Phi) is 5.59. The first-order chi connectivity index (χ1) is 9.42. The fraction of sp³-hybridized carbons (Fsp3) is 0.364. The molecule has 1 atom stereocenters. The van der Waals surface area contributed by atoms with Crippen LogP contribution in [0.4, 0.5) is 13.2 Å². The fourth-order valence-corrected chi connectivity index (χ4v) is 3.43. The van der Waals surface area contributed by atoms with Gasteiger partial charge in [0.1, 0.15) is 4.99 Å². The number of thiocarbonyl (C=S) groups is 1. The maximum atomic E-state index is 12.2. The van der Waals surface area contributed by atoms with Crippen LogP contribution in [0.15, 0.2) is 23.1 Å². The van der Waals surface area contributed by atoms with E-state index in [9.17, 15) is 21.6 Å². The average molecular weight is 361 g/mol. The van der Waals surface area contributed by atoms with E-state index in [4.69, 9.17) is 29.6 Å². The molecule has 0 spiro atoms. The summed E-state index contributed by atoms with van der Waals surface area (Å²) in [4.78, 5) is -0.274. The van der Waals surface area contributed by atoms with Crippen molar-refractivity contribution in [2.45, 2.75) is 30.5 Å². The van der Waals surface area contributed by atoms with Gasteiger partial charge in [-0.3, -0.25) is 0 Å². The number of alkyl halides is 3. The first-order valence-electron chi connectivity index (χ1n) is 5.61. The molecule has 118 valence electrons. The summed E-state index contributed by atoms with van der Waals surface area (Å²) in [7, 11) is -4.12. The van der Waals surface area contributed by atoms with Crippen molar-refractivity contribution >= 4 is 38.8 Å². The smallest absolute Gasteiger partial charge is 0.389 e. The third-order valence-electron chi connectivity index (χ3n) is 2.41. The topological polar surface area (TPSA) is 72.2 Å². The van der Waals surface area contributed by atoms with E-state index >= 15 is 0 Å². The van der Waals surface area contributed by atoms with Crippen molar-refractivity contribution in [3.8, 4) is 0 Å². The standard InChI is InChI=1S/C11H12ClF3N2O2S2/c1-6(5-11(13,14)15)17-21(18,19)7-2-3-8(10(16)20)9(12)4-7/h2-4,6,17H,5H2,1H3,(H2,16,20). The number of nitrogens with two attached hydrogens (primary N) is 1. The average Bonchev–Trinajstić information content (AvgIpc) is 2.24. The lowest BCUT2D eigenvalue weighted by molar-refractivity contribution is -0.137. The van der Waals surface area contributed by atoms with E-state index in [0.717, 1.165) is 13.0 Å². The number of nitrogens with one attached hydrogen (secondary N) is 1. The second-order valence-electron chi connectivity index (χ2n) is 4.35. The van der Waals surface area contributed by atoms with E-state index < -0.39 is 28.7 Å². The molecule has 1 aromatic rings. The Labute approximate surface area is 130 Å². The second-order valence-corrected chi connectivity index (χ2v) is 6.91. The van der Waals surface area contributed by atoms with Crippen molar-refractivity contribution in [2.75, 3.05) is 0 Å². The molecule has 4 nitrogen and oxygen atoms in total. The highest BCUT2D eigenvalue weighted by Gasteiger charge is 2.32. The highest BCUT2D eigenvalue weighted by atomic mass is 35.5. The van der Waals surface area contributed by atoms with E-state index in [1.54, 1.807) is 0 Å². The summed E-state index contributed by atoms with van der Waals surface area (Å²) in [6.07, 6.45) is -5.74. The van der Waals surface area contributed by atoms with Gasteiger partial charge in [-0.25, -0.2) is 13.1 Å². The highest BCUT2D eigenvalue weighted by molar-refractivity contribution is 7.89. The van der Waals surface area contributed by atoms with Crippen molar-refractivity contribution < 1.29 is 21.6 Å². The van der Waals surface area contributed by atoms with Gasteiger partial charge >= 0.3 is 6.18 Å². The van der Waals surface area contributed by atoms with Gasteiger partial charge in [-0.2, -0.15) is 13.2 Å². The van der Waals surface area contributed by atoms with E-state index in [2.05, 4.69) is 0 Å². The van der Waals surface area contributed by atoms with Crippen LogP contribution >= 0.6 is 23.8 Å². The summed E-state index contributed by atoms with van der Waals surface area (Å²) in [6, 6.07) is 2.25. The Bertz CT molecular complexity index is 647. The fourth-order valence-electron chi connectivity index (χ4n) is 1.58. The second kappa shape index (κ2) is 6.47. The molecule has 0 fully saturated rings. The van der Waals surface area contributed by atoms with Crippen LogP contribution in [0, 0.1) is 0 Å². The van der Waals surface area contributed by atoms with Gasteiger partial charge in [-0.1, -0.05) is 23.8 Å². The van der Waals surface area contributed by atoms with Gasteiger partial charge in [-0.15, -0.1) is 0 Å². The van der Waals surface area contributed by atoms with Gasteiger partial charge in [0.25, 0.3) is 0 Å². The number of rotatable bonds is 5. The predicted octanol–water partition coefficient (Wildman–Crippen LogP) is 2.59. The summed E-state index contributed by atoms with van der Waals surface area (Å²) < 4.78 is 62.5. The molecule has 0 radical (unpaired) electrons. The van der Waals surface area contributed by atoms with Crippen LogP contribution in [0.25, 0.3) is 0 Å². The molecule has 0 saturated carbocycles. The molecule has 0 saturated heterocycles. The lowest BCUT2D eigenvalue weighted by Crippen LogP contribution is -2.36. The van der Waals surface area contributed by atoms with Crippen LogP contribution in [-0.4, -0.2) is 25.6 Å². The Hall–Kier alpha value is -0.900. The molecule has 1 unspecified atom stereocenters. The van der Waals surface area contributed by atoms with Crippen molar-refractivity contribution in [3.05, 3.63) is 28.8 Å². The van der Waals surface area contributed by atoms with Gasteiger partial charge in [0.05, 0.1) is 16.3 Å². The van der Waals surface area contributed by atoms with Crippen LogP contribution in [0.2, 0.25) is 5.02 Å². The minimum absolute atomic E-state index is 0.00819. The Morgan fingerprint density at radius 2 is 2.05 bits per heavy atom. The van der Waals surface area contributed by atoms with E-state index in [1.807, 2.05) is 4.72 Å². The molecule has 0 heterocycles. The summed E-state index contributed by atoms with van der Waals surface area (Å²) >= 11 is 10.6. The minimum Gasteiger partial charge on any atom is -0.389 e. The highest BCUT2D eigenvalue weighted by Crippen LogP contribution is 2.24. The molecule has 0 bridgehead atoms. The maximum Gasteiger partial charge on any atom is 0.390 e. The van der Waals surface area contributed by atoms with Gasteiger partial charge in [0, 0.05) is 11.6 Å². The SMILES string of the molecule is CC(CC(F)(F)F)NS(=O)(=O)c1ccc(C(N)=S)c(Cl)c1. The molecule has 3 N–H and O–H groups in total. The van der Waals surface area contributed by atoms with E-state index in [0.29, 0.717) is 0 Å². The van der Waals surface area contributed by atoms with E-state index in [-0.39, 0.29) is 20.5 Å².